The number of hydrogen-bond donors (Lipinski definition) is 1. The molecule has 1 N–H and O–H groups in total. The van der Waals surface area contributed by atoms with E-state index in [1.54, 1.807) is 19.1 Å². The second-order valence-corrected chi connectivity index (χ2v) is 3.98. The fourth-order valence-electron chi connectivity index (χ4n) is 1.72. The predicted molar refractivity (Wildman–Crippen MR) is 63.5 cm³/mol. The van der Waals surface area contributed by atoms with Crippen molar-refractivity contribution in [3.05, 3.63) is 59.2 Å². The number of aryl methyl sites for hydroxylation is 1. The van der Waals surface area contributed by atoms with Crippen LogP contribution in [-0.2, 0) is 0 Å². The average Bonchev–Trinajstić information content (AvgIpc) is 2.33. The van der Waals surface area contributed by atoms with E-state index in [0.717, 1.165) is 17.7 Å². The summed E-state index contributed by atoms with van der Waals surface area (Å²) >= 11 is 0. The SMILES string of the molecule is Cc1ccc(F)c(-c2ccc(F)c(C(=O)O)c2)c1. The third kappa shape index (κ3) is 2.22. The predicted octanol–water partition coefficient (Wildman–Crippen LogP) is 3.64. The van der Waals surface area contributed by atoms with E-state index in [1.165, 1.54) is 12.1 Å². The van der Waals surface area contributed by atoms with Gasteiger partial charge in [-0.3, -0.25) is 0 Å². The Morgan fingerprint density at radius 3 is 2.39 bits per heavy atom. The molecular formula is C14H10F2O2. The zero-order valence-corrected chi connectivity index (χ0v) is 9.58. The molecule has 2 aromatic carbocycles. The minimum Gasteiger partial charge on any atom is -0.478 e. The molecule has 0 saturated carbocycles. The average molecular weight is 248 g/mol. The summed E-state index contributed by atoms with van der Waals surface area (Å²) in [5, 5.41) is 8.83. The highest BCUT2D eigenvalue weighted by molar-refractivity contribution is 5.89. The van der Waals surface area contributed by atoms with Crippen LogP contribution < -0.4 is 0 Å². The number of carboxylic acid groups (broad SMARTS) is 1. The van der Waals surface area contributed by atoms with Crippen molar-refractivity contribution in [1.29, 1.82) is 0 Å². The summed E-state index contributed by atoms with van der Waals surface area (Å²) in [5.41, 5.74) is 0.980. The van der Waals surface area contributed by atoms with Gasteiger partial charge in [-0.05, 0) is 36.8 Å². The molecule has 0 aliphatic carbocycles. The van der Waals surface area contributed by atoms with Crippen LogP contribution in [0.25, 0.3) is 11.1 Å². The first kappa shape index (κ1) is 12.2. The fourth-order valence-corrected chi connectivity index (χ4v) is 1.72. The summed E-state index contributed by atoms with van der Waals surface area (Å²) in [4.78, 5) is 10.8. The van der Waals surface area contributed by atoms with Crippen LogP contribution in [0.3, 0.4) is 0 Å². The Labute approximate surface area is 103 Å². The molecule has 0 aliphatic rings. The Morgan fingerprint density at radius 2 is 1.72 bits per heavy atom. The molecule has 0 atom stereocenters. The van der Waals surface area contributed by atoms with Gasteiger partial charge in [-0.25, -0.2) is 13.6 Å². The quantitative estimate of drug-likeness (QED) is 0.880. The van der Waals surface area contributed by atoms with E-state index in [4.69, 9.17) is 5.11 Å². The number of carbonyl (C=O) groups is 1. The maximum atomic E-state index is 13.6. The summed E-state index contributed by atoms with van der Waals surface area (Å²) in [5.74, 6) is -2.68. The molecule has 0 heterocycles. The van der Waals surface area contributed by atoms with Crippen molar-refractivity contribution in [1.82, 2.24) is 0 Å². The first-order chi connectivity index (χ1) is 8.49. The molecule has 0 saturated heterocycles. The van der Waals surface area contributed by atoms with E-state index in [-0.39, 0.29) is 5.56 Å². The molecule has 2 aromatic rings. The summed E-state index contributed by atoms with van der Waals surface area (Å²) in [6.45, 7) is 1.80. The summed E-state index contributed by atoms with van der Waals surface area (Å²) < 4.78 is 26.9. The van der Waals surface area contributed by atoms with Crippen LogP contribution in [0.5, 0.6) is 0 Å². The molecular weight excluding hydrogens is 238 g/mol. The molecule has 0 aromatic heterocycles. The van der Waals surface area contributed by atoms with E-state index < -0.39 is 23.2 Å². The van der Waals surface area contributed by atoms with Gasteiger partial charge in [0.2, 0.25) is 0 Å². The van der Waals surface area contributed by atoms with Crippen molar-refractivity contribution < 1.29 is 18.7 Å². The third-order valence-corrected chi connectivity index (χ3v) is 2.63. The smallest absolute Gasteiger partial charge is 0.338 e. The monoisotopic (exact) mass is 248 g/mol. The van der Waals surface area contributed by atoms with Crippen LogP contribution in [0, 0.1) is 18.6 Å². The van der Waals surface area contributed by atoms with E-state index in [1.807, 2.05) is 0 Å². The molecule has 18 heavy (non-hydrogen) atoms. The maximum absolute atomic E-state index is 13.6. The number of rotatable bonds is 2. The van der Waals surface area contributed by atoms with Gasteiger partial charge in [0.1, 0.15) is 11.6 Å². The number of benzene rings is 2. The molecule has 2 rings (SSSR count). The van der Waals surface area contributed by atoms with Crippen LogP contribution in [-0.4, -0.2) is 11.1 Å². The minimum absolute atomic E-state index is 0.262. The Bertz CT molecular complexity index is 621. The second-order valence-electron chi connectivity index (χ2n) is 3.98. The molecule has 4 heteroatoms. The topological polar surface area (TPSA) is 37.3 Å². The molecule has 0 unspecified atom stereocenters. The van der Waals surface area contributed by atoms with Gasteiger partial charge in [-0.1, -0.05) is 17.7 Å². The molecule has 0 aliphatic heterocycles. The first-order valence-corrected chi connectivity index (χ1v) is 5.28. The molecule has 0 radical (unpaired) electrons. The highest BCUT2D eigenvalue weighted by Crippen LogP contribution is 2.25. The Morgan fingerprint density at radius 1 is 1.06 bits per heavy atom. The number of halogens is 2. The lowest BCUT2D eigenvalue weighted by molar-refractivity contribution is 0.0692. The second kappa shape index (κ2) is 4.56. The summed E-state index contributed by atoms with van der Waals surface area (Å²) in [6.07, 6.45) is 0. The summed E-state index contributed by atoms with van der Waals surface area (Å²) in [6, 6.07) is 8.03. The van der Waals surface area contributed by atoms with Crippen molar-refractivity contribution in [3.63, 3.8) is 0 Å². The van der Waals surface area contributed by atoms with Crippen molar-refractivity contribution in [2.75, 3.05) is 0 Å². The normalized spacial score (nSPS) is 10.4. The zero-order valence-electron chi connectivity index (χ0n) is 9.58. The van der Waals surface area contributed by atoms with Gasteiger partial charge < -0.3 is 5.11 Å². The number of hydrogen-bond acceptors (Lipinski definition) is 1. The van der Waals surface area contributed by atoms with Crippen molar-refractivity contribution in [2.45, 2.75) is 6.92 Å². The highest BCUT2D eigenvalue weighted by atomic mass is 19.1. The van der Waals surface area contributed by atoms with Crippen molar-refractivity contribution in [2.24, 2.45) is 0 Å². The van der Waals surface area contributed by atoms with Gasteiger partial charge in [-0.15, -0.1) is 0 Å². The van der Waals surface area contributed by atoms with Crippen LogP contribution >= 0.6 is 0 Å². The fraction of sp³-hybridized carbons (Fsp3) is 0.0714. The van der Waals surface area contributed by atoms with Crippen LogP contribution in [0.15, 0.2) is 36.4 Å². The molecule has 0 amide bonds. The third-order valence-electron chi connectivity index (χ3n) is 2.63. The van der Waals surface area contributed by atoms with Gasteiger partial charge >= 0.3 is 5.97 Å². The molecule has 2 nitrogen and oxygen atoms in total. The lowest BCUT2D eigenvalue weighted by Gasteiger charge is -2.06. The minimum atomic E-state index is -1.37. The number of aromatic carboxylic acids is 1. The van der Waals surface area contributed by atoms with Crippen molar-refractivity contribution in [3.8, 4) is 11.1 Å². The zero-order chi connectivity index (χ0) is 13.3. The van der Waals surface area contributed by atoms with Crippen LogP contribution in [0.1, 0.15) is 15.9 Å². The molecule has 0 fully saturated rings. The Hall–Kier alpha value is -2.23. The lowest BCUT2D eigenvalue weighted by atomic mass is 10.0. The largest absolute Gasteiger partial charge is 0.478 e. The van der Waals surface area contributed by atoms with Gasteiger partial charge in [0.15, 0.2) is 0 Å². The Kier molecular flexibility index (Phi) is 3.10. The van der Waals surface area contributed by atoms with E-state index in [2.05, 4.69) is 0 Å². The maximum Gasteiger partial charge on any atom is 0.338 e. The van der Waals surface area contributed by atoms with Crippen molar-refractivity contribution >= 4 is 5.97 Å². The standard InChI is InChI=1S/C14H10F2O2/c1-8-2-4-12(15)10(6-8)9-3-5-13(16)11(7-9)14(17)18/h2-7H,1H3,(H,17,18). The van der Waals surface area contributed by atoms with E-state index in [0.29, 0.717) is 5.56 Å². The van der Waals surface area contributed by atoms with Gasteiger partial charge in [-0.2, -0.15) is 0 Å². The molecule has 0 spiro atoms. The van der Waals surface area contributed by atoms with Crippen LogP contribution in [0.4, 0.5) is 8.78 Å². The number of carboxylic acids is 1. The highest BCUT2D eigenvalue weighted by Gasteiger charge is 2.13. The lowest BCUT2D eigenvalue weighted by Crippen LogP contribution is -2.01. The van der Waals surface area contributed by atoms with E-state index >= 15 is 0 Å². The van der Waals surface area contributed by atoms with Gasteiger partial charge in [0.25, 0.3) is 0 Å². The van der Waals surface area contributed by atoms with E-state index in [9.17, 15) is 13.6 Å². The van der Waals surface area contributed by atoms with Gasteiger partial charge in [0.05, 0.1) is 5.56 Å². The van der Waals surface area contributed by atoms with Gasteiger partial charge in [0, 0.05) is 5.56 Å². The Balaban J connectivity index is 2.61. The molecule has 0 bridgehead atoms. The molecule has 92 valence electrons. The summed E-state index contributed by atoms with van der Waals surface area (Å²) in [7, 11) is 0. The first-order valence-electron chi connectivity index (χ1n) is 5.28. The van der Waals surface area contributed by atoms with Crippen LogP contribution in [0.2, 0.25) is 0 Å².